The Morgan fingerprint density at radius 1 is 0.818 bits per heavy atom. The summed E-state index contributed by atoms with van der Waals surface area (Å²) in [5.41, 5.74) is 1.88. The Morgan fingerprint density at radius 3 is 1.97 bits per heavy atom. The molecule has 0 aliphatic carbocycles. The molecule has 0 fully saturated rings. The maximum Gasteiger partial charge on any atom is 0.243 e. The highest BCUT2D eigenvalue weighted by Crippen LogP contribution is 2.20. The number of carbonyl (C=O) groups is 1. The van der Waals surface area contributed by atoms with Crippen LogP contribution in [0, 0.1) is 0 Å². The van der Waals surface area contributed by atoms with E-state index >= 15 is 0 Å². The molecule has 3 aromatic rings. The van der Waals surface area contributed by atoms with Crippen LogP contribution in [0.15, 0.2) is 83.8 Å². The minimum atomic E-state index is -3.88. The zero-order chi connectivity index (χ0) is 23.7. The van der Waals surface area contributed by atoms with Crippen LogP contribution < -0.4 is 14.8 Å². The average Bonchev–Trinajstić information content (AvgIpc) is 2.86. The van der Waals surface area contributed by atoms with Gasteiger partial charge in [-0.05, 0) is 53.9 Å². The average molecular weight is 469 g/mol. The second kappa shape index (κ2) is 11.5. The van der Waals surface area contributed by atoms with E-state index in [4.69, 9.17) is 9.47 Å². The van der Waals surface area contributed by atoms with E-state index in [2.05, 4.69) is 5.32 Å². The van der Waals surface area contributed by atoms with E-state index in [0.717, 1.165) is 16.9 Å². The lowest BCUT2D eigenvalue weighted by atomic mass is 10.1. The van der Waals surface area contributed by atoms with Crippen LogP contribution in [-0.4, -0.2) is 45.9 Å². The van der Waals surface area contributed by atoms with Crippen LogP contribution in [0.5, 0.6) is 11.5 Å². The molecule has 0 unspecified atom stereocenters. The van der Waals surface area contributed by atoms with Gasteiger partial charge in [-0.2, -0.15) is 4.31 Å². The molecule has 7 nitrogen and oxygen atoms in total. The quantitative estimate of drug-likeness (QED) is 0.467. The fourth-order valence-corrected chi connectivity index (χ4v) is 4.64. The molecule has 0 atom stereocenters. The van der Waals surface area contributed by atoms with E-state index in [9.17, 15) is 13.2 Å². The number of nitrogens with zero attached hydrogens (tertiary/aromatic N) is 1. The Morgan fingerprint density at radius 2 is 1.39 bits per heavy atom. The molecule has 0 bridgehead atoms. The van der Waals surface area contributed by atoms with Crippen molar-refractivity contribution in [2.75, 3.05) is 27.3 Å². The molecule has 1 amide bonds. The van der Waals surface area contributed by atoms with Gasteiger partial charge in [0, 0.05) is 13.1 Å². The fourth-order valence-electron chi connectivity index (χ4n) is 3.24. The van der Waals surface area contributed by atoms with Crippen molar-refractivity contribution in [2.45, 2.75) is 17.9 Å². The predicted octanol–water partition coefficient (Wildman–Crippen LogP) is 3.25. The Hall–Kier alpha value is -3.36. The normalized spacial score (nSPS) is 11.2. The molecule has 33 heavy (non-hydrogen) atoms. The van der Waals surface area contributed by atoms with Gasteiger partial charge in [-0.25, -0.2) is 8.42 Å². The molecule has 0 saturated heterocycles. The molecule has 0 heterocycles. The highest BCUT2D eigenvalue weighted by atomic mass is 32.2. The maximum absolute atomic E-state index is 13.3. The zero-order valence-corrected chi connectivity index (χ0v) is 19.5. The van der Waals surface area contributed by atoms with E-state index < -0.39 is 10.0 Å². The van der Waals surface area contributed by atoms with Crippen molar-refractivity contribution in [1.29, 1.82) is 0 Å². The first-order chi connectivity index (χ1) is 15.9. The number of nitrogens with one attached hydrogen (secondary N) is 1. The summed E-state index contributed by atoms with van der Waals surface area (Å²) in [5, 5.41) is 2.80. The number of hydrogen-bond acceptors (Lipinski definition) is 5. The molecule has 0 radical (unpaired) electrons. The number of rotatable bonds is 11. The van der Waals surface area contributed by atoms with Crippen molar-refractivity contribution >= 4 is 15.9 Å². The molecule has 0 spiro atoms. The SMILES string of the molecule is COc1ccc(CNC(=O)CN(CCc2ccccc2)S(=O)(=O)c2ccc(OC)cc2)cc1. The van der Waals surface area contributed by atoms with Crippen molar-refractivity contribution < 1.29 is 22.7 Å². The molecule has 0 aromatic heterocycles. The standard InChI is InChI=1S/C25H28N2O5S/c1-31-22-10-8-21(9-11-22)18-26-25(28)19-27(17-16-20-6-4-3-5-7-20)33(29,30)24-14-12-23(32-2)13-15-24/h3-15H,16-19H2,1-2H3,(H,26,28). The summed E-state index contributed by atoms with van der Waals surface area (Å²) < 4.78 is 38.1. The number of carbonyl (C=O) groups excluding carboxylic acids is 1. The third-order valence-electron chi connectivity index (χ3n) is 5.16. The van der Waals surface area contributed by atoms with Gasteiger partial charge < -0.3 is 14.8 Å². The predicted molar refractivity (Wildman–Crippen MR) is 127 cm³/mol. The van der Waals surface area contributed by atoms with Gasteiger partial charge >= 0.3 is 0 Å². The van der Waals surface area contributed by atoms with E-state index in [1.807, 2.05) is 54.6 Å². The second-order valence-electron chi connectivity index (χ2n) is 7.37. The topological polar surface area (TPSA) is 84.9 Å². The lowest BCUT2D eigenvalue weighted by molar-refractivity contribution is -0.121. The van der Waals surface area contributed by atoms with Gasteiger partial charge in [0.2, 0.25) is 15.9 Å². The molecule has 0 saturated carbocycles. The Kier molecular flexibility index (Phi) is 8.46. The van der Waals surface area contributed by atoms with Crippen LogP contribution in [0.2, 0.25) is 0 Å². The van der Waals surface area contributed by atoms with Crippen LogP contribution in [-0.2, 0) is 27.8 Å². The molecule has 8 heteroatoms. The summed E-state index contributed by atoms with van der Waals surface area (Å²) in [4.78, 5) is 12.8. The summed E-state index contributed by atoms with van der Waals surface area (Å²) in [5.74, 6) is 0.903. The summed E-state index contributed by atoms with van der Waals surface area (Å²) in [7, 11) is -0.779. The first-order valence-corrected chi connectivity index (χ1v) is 11.9. The van der Waals surface area contributed by atoms with Gasteiger partial charge in [0.15, 0.2) is 0 Å². The van der Waals surface area contributed by atoms with E-state index in [1.165, 1.54) is 23.5 Å². The van der Waals surface area contributed by atoms with Gasteiger partial charge in [-0.1, -0.05) is 42.5 Å². The van der Waals surface area contributed by atoms with Gasteiger partial charge in [0.05, 0.1) is 25.7 Å². The molecule has 1 N–H and O–H groups in total. The minimum absolute atomic E-state index is 0.110. The maximum atomic E-state index is 13.3. The van der Waals surface area contributed by atoms with Gasteiger partial charge in [-0.3, -0.25) is 4.79 Å². The van der Waals surface area contributed by atoms with Crippen molar-refractivity contribution in [2.24, 2.45) is 0 Å². The molecule has 3 aromatic carbocycles. The van der Waals surface area contributed by atoms with Crippen LogP contribution in [0.1, 0.15) is 11.1 Å². The summed E-state index contributed by atoms with van der Waals surface area (Å²) in [6.45, 7) is 0.184. The Bertz CT molecular complexity index is 1130. The lowest BCUT2D eigenvalue weighted by Crippen LogP contribution is -2.41. The molecule has 174 valence electrons. The highest BCUT2D eigenvalue weighted by molar-refractivity contribution is 7.89. The van der Waals surface area contributed by atoms with E-state index in [-0.39, 0.29) is 30.4 Å². The lowest BCUT2D eigenvalue weighted by Gasteiger charge is -2.22. The molecule has 0 aliphatic rings. The van der Waals surface area contributed by atoms with E-state index in [0.29, 0.717) is 12.2 Å². The van der Waals surface area contributed by atoms with Crippen LogP contribution in [0.4, 0.5) is 0 Å². The smallest absolute Gasteiger partial charge is 0.243 e. The number of methoxy groups -OCH3 is 2. The molecular formula is C25H28N2O5S. The first kappa shape index (κ1) is 24.3. The third kappa shape index (κ3) is 6.81. The molecular weight excluding hydrogens is 440 g/mol. The Labute approximate surface area is 195 Å². The van der Waals surface area contributed by atoms with Gasteiger partial charge in [0.1, 0.15) is 11.5 Å². The Balaban J connectivity index is 1.72. The van der Waals surface area contributed by atoms with Crippen molar-refractivity contribution in [1.82, 2.24) is 9.62 Å². The summed E-state index contributed by atoms with van der Waals surface area (Å²) in [6.07, 6.45) is 0.488. The largest absolute Gasteiger partial charge is 0.497 e. The summed E-state index contributed by atoms with van der Waals surface area (Å²) >= 11 is 0. The minimum Gasteiger partial charge on any atom is -0.497 e. The molecule has 0 aliphatic heterocycles. The van der Waals surface area contributed by atoms with Crippen LogP contribution >= 0.6 is 0 Å². The van der Waals surface area contributed by atoms with Crippen LogP contribution in [0.3, 0.4) is 0 Å². The number of ether oxygens (including phenoxy) is 2. The van der Waals surface area contributed by atoms with Crippen molar-refractivity contribution in [3.63, 3.8) is 0 Å². The highest BCUT2D eigenvalue weighted by Gasteiger charge is 2.26. The van der Waals surface area contributed by atoms with Crippen molar-refractivity contribution in [3.8, 4) is 11.5 Å². The second-order valence-corrected chi connectivity index (χ2v) is 9.31. The number of sulfonamides is 1. The third-order valence-corrected chi connectivity index (χ3v) is 7.02. The summed E-state index contributed by atoms with van der Waals surface area (Å²) in [6, 6.07) is 23.0. The monoisotopic (exact) mass is 468 g/mol. The van der Waals surface area contributed by atoms with Crippen molar-refractivity contribution in [3.05, 3.63) is 90.0 Å². The number of benzene rings is 3. The van der Waals surface area contributed by atoms with Gasteiger partial charge in [0.25, 0.3) is 0 Å². The van der Waals surface area contributed by atoms with Crippen LogP contribution in [0.25, 0.3) is 0 Å². The number of hydrogen-bond donors (Lipinski definition) is 1. The number of amides is 1. The van der Waals surface area contributed by atoms with Gasteiger partial charge in [-0.15, -0.1) is 0 Å². The first-order valence-electron chi connectivity index (χ1n) is 10.5. The molecule has 3 rings (SSSR count). The fraction of sp³-hybridized carbons (Fsp3) is 0.240. The zero-order valence-electron chi connectivity index (χ0n) is 18.7. The van der Waals surface area contributed by atoms with E-state index in [1.54, 1.807) is 19.2 Å².